The number of H-pyrrole nitrogens is 1. The van der Waals surface area contributed by atoms with Gasteiger partial charge in [0.1, 0.15) is 0 Å². The Labute approximate surface area is 179 Å². The van der Waals surface area contributed by atoms with Crippen LogP contribution in [0.1, 0.15) is 25.5 Å². The van der Waals surface area contributed by atoms with Crippen LogP contribution < -0.4 is 10.6 Å². The fraction of sp³-hybridized carbons (Fsp3) is 0.208. The molecule has 31 heavy (non-hydrogen) atoms. The van der Waals surface area contributed by atoms with Gasteiger partial charge in [-0.25, -0.2) is 0 Å². The second kappa shape index (κ2) is 8.95. The average molecular weight is 417 g/mol. The molecule has 0 saturated heterocycles. The van der Waals surface area contributed by atoms with Gasteiger partial charge in [0, 0.05) is 30.4 Å². The number of carbonyl (C=O) groups excluding carboxylic acids is 1. The largest absolute Gasteiger partial charge is 0.375 e. The molecule has 3 N–H and O–H groups in total. The number of hydrogen-bond donors (Lipinski definition) is 3. The molecule has 0 bridgehead atoms. The van der Waals surface area contributed by atoms with E-state index in [4.69, 9.17) is 0 Å². The van der Waals surface area contributed by atoms with Crippen LogP contribution in [0.15, 0.2) is 67.0 Å². The van der Waals surface area contributed by atoms with Crippen LogP contribution in [-0.4, -0.2) is 27.6 Å². The SMILES string of the molecule is CC(C)C(=O)NC[C@H](Nc1cncc(-c2ccc3n[nH]c(F)c3c2)c1)c1ccccc1. The summed E-state index contributed by atoms with van der Waals surface area (Å²) < 4.78 is 13.9. The van der Waals surface area contributed by atoms with E-state index in [-0.39, 0.29) is 17.9 Å². The molecule has 6 nitrogen and oxygen atoms in total. The maximum Gasteiger partial charge on any atom is 0.222 e. The molecule has 7 heteroatoms. The molecule has 0 aliphatic heterocycles. The number of aromatic amines is 1. The van der Waals surface area contributed by atoms with Crippen molar-refractivity contribution < 1.29 is 9.18 Å². The van der Waals surface area contributed by atoms with Crippen molar-refractivity contribution in [3.8, 4) is 11.1 Å². The van der Waals surface area contributed by atoms with E-state index in [1.54, 1.807) is 24.5 Å². The van der Waals surface area contributed by atoms with Gasteiger partial charge in [0.2, 0.25) is 11.9 Å². The lowest BCUT2D eigenvalue weighted by Gasteiger charge is -2.22. The van der Waals surface area contributed by atoms with Gasteiger partial charge in [-0.15, -0.1) is 0 Å². The number of hydrogen-bond acceptors (Lipinski definition) is 4. The Morgan fingerprint density at radius 1 is 1.06 bits per heavy atom. The number of nitrogens with one attached hydrogen (secondary N) is 3. The zero-order valence-electron chi connectivity index (χ0n) is 17.4. The van der Waals surface area contributed by atoms with Gasteiger partial charge in [-0.1, -0.05) is 50.2 Å². The molecule has 4 aromatic rings. The standard InChI is InChI=1S/C24H24FN5O/c1-15(2)24(31)27-14-22(16-6-4-3-5-7-16)28-19-10-18(12-26-13-19)17-8-9-21-20(11-17)23(25)30-29-21/h3-13,15,22,28H,14H2,1-2H3,(H,27,31)(H,29,30)/t22-/m0/s1. The lowest BCUT2D eigenvalue weighted by molar-refractivity contribution is -0.124. The summed E-state index contributed by atoms with van der Waals surface area (Å²) in [6.45, 7) is 4.18. The molecule has 0 aliphatic carbocycles. The number of nitrogens with zero attached hydrogens (tertiary/aromatic N) is 2. The Hall–Kier alpha value is -3.74. The van der Waals surface area contributed by atoms with Gasteiger partial charge in [-0.2, -0.15) is 9.49 Å². The first-order valence-electron chi connectivity index (χ1n) is 10.2. The molecule has 0 radical (unpaired) electrons. The van der Waals surface area contributed by atoms with Crippen LogP contribution in [0.5, 0.6) is 0 Å². The summed E-state index contributed by atoms with van der Waals surface area (Å²) in [5.41, 5.74) is 4.13. The summed E-state index contributed by atoms with van der Waals surface area (Å²) in [5, 5.41) is 13.2. The topological polar surface area (TPSA) is 82.7 Å². The molecule has 2 aromatic heterocycles. The molecule has 4 rings (SSSR count). The van der Waals surface area contributed by atoms with Crippen molar-refractivity contribution in [1.29, 1.82) is 0 Å². The summed E-state index contributed by atoms with van der Waals surface area (Å²) in [5.74, 6) is -0.533. The van der Waals surface area contributed by atoms with Crippen molar-refractivity contribution in [3.05, 3.63) is 78.5 Å². The highest BCUT2D eigenvalue weighted by Crippen LogP contribution is 2.27. The third-order valence-corrected chi connectivity index (χ3v) is 5.13. The first kappa shape index (κ1) is 20.5. The van der Waals surface area contributed by atoms with Crippen molar-refractivity contribution in [2.75, 3.05) is 11.9 Å². The lowest BCUT2D eigenvalue weighted by atomic mass is 10.0. The quantitative estimate of drug-likeness (QED) is 0.407. The summed E-state index contributed by atoms with van der Waals surface area (Å²) in [6.07, 6.45) is 3.48. The van der Waals surface area contributed by atoms with Crippen LogP contribution in [0, 0.1) is 11.9 Å². The number of aromatic nitrogens is 3. The van der Waals surface area contributed by atoms with Crippen molar-refractivity contribution >= 4 is 22.5 Å². The van der Waals surface area contributed by atoms with E-state index >= 15 is 0 Å². The third-order valence-electron chi connectivity index (χ3n) is 5.13. The minimum absolute atomic E-state index is 0.00467. The lowest BCUT2D eigenvalue weighted by Crippen LogP contribution is -2.34. The Bertz CT molecular complexity index is 1190. The van der Waals surface area contributed by atoms with Crippen LogP contribution in [0.4, 0.5) is 10.1 Å². The average Bonchev–Trinajstić information content (AvgIpc) is 3.17. The number of halogens is 1. The Kier molecular flexibility index (Phi) is 5.93. The summed E-state index contributed by atoms with van der Waals surface area (Å²) in [7, 11) is 0. The summed E-state index contributed by atoms with van der Waals surface area (Å²) >= 11 is 0. The van der Waals surface area contributed by atoms with Gasteiger partial charge >= 0.3 is 0 Å². The van der Waals surface area contributed by atoms with Crippen LogP contribution >= 0.6 is 0 Å². The molecule has 1 amide bonds. The first-order valence-corrected chi connectivity index (χ1v) is 10.2. The van der Waals surface area contributed by atoms with Crippen LogP contribution in [0.25, 0.3) is 22.0 Å². The first-order chi connectivity index (χ1) is 15.0. The molecule has 0 unspecified atom stereocenters. The highest BCUT2D eigenvalue weighted by molar-refractivity contribution is 5.84. The molecular formula is C24H24FN5O. The Morgan fingerprint density at radius 2 is 1.87 bits per heavy atom. The van der Waals surface area contributed by atoms with E-state index in [0.29, 0.717) is 17.4 Å². The van der Waals surface area contributed by atoms with E-state index < -0.39 is 5.95 Å². The minimum Gasteiger partial charge on any atom is -0.375 e. The number of amides is 1. The Morgan fingerprint density at radius 3 is 2.65 bits per heavy atom. The van der Waals surface area contributed by atoms with E-state index in [1.165, 1.54) is 0 Å². The van der Waals surface area contributed by atoms with Gasteiger partial charge in [0.05, 0.1) is 22.6 Å². The molecule has 2 heterocycles. The fourth-order valence-corrected chi connectivity index (χ4v) is 3.38. The van der Waals surface area contributed by atoms with Gasteiger partial charge in [0.15, 0.2) is 0 Å². The molecule has 158 valence electrons. The van der Waals surface area contributed by atoms with Gasteiger partial charge in [-0.3, -0.25) is 14.9 Å². The molecule has 0 saturated carbocycles. The number of anilines is 1. The zero-order chi connectivity index (χ0) is 21.8. The second-order valence-electron chi connectivity index (χ2n) is 7.74. The maximum atomic E-state index is 13.9. The molecule has 2 aromatic carbocycles. The zero-order valence-corrected chi connectivity index (χ0v) is 17.4. The normalized spacial score (nSPS) is 12.1. The van der Waals surface area contributed by atoms with Gasteiger partial charge in [0.25, 0.3) is 0 Å². The Balaban J connectivity index is 1.59. The highest BCUT2D eigenvalue weighted by Gasteiger charge is 2.15. The summed E-state index contributed by atoms with van der Waals surface area (Å²) in [6, 6.07) is 17.2. The van der Waals surface area contributed by atoms with Crippen LogP contribution in [0.2, 0.25) is 0 Å². The van der Waals surface area contributed by atoms with Crippen molar-refractivity contribution in [3.63, 3.8) is 0 Å². The molecule has 0 aliphatic rings. The van der Waals surface area contributed by atoms with E-state index in [0.717, 1.165) is 22.4 Å². The minimum atomic E-state index is -0.455. The fourth-order valence-electron chi connectivity index (χ4n) is 3.38. The molecule has 0 fully saturated rings. The van der Waals surface area contributed by atoms with Crippen LogP contribution in [0.3, 0.4) is 0 Å². The van der Waals surface area contributed by atoms with E-state index in [1.807, 2.05) is 56.3 Å². The number of pyridine rings is 1. The number of rotatable bonds is 7. The van der Waals surface area contributed by atoms with E-state index in [9.17, 15) is 9.18 Å². The number of benzene rings is 2. The van der Waals surface area contributed by atoms with Crippen LogP contribution in [-0.2, 0) is 4.79 Å². The predicted molar refractivity (Wildman–Crippen MR) is 120 cm³/mol. The monoisotopic (exact) mass is 417 g/mol. The van der Waals surface area contributed by atoms with E-state index in [2.05, 4.69) is 25.8 Å². The highest BCUT2D eigenvalue weighted by atomic mass is 19.1. The number of carbonyl (C=O) groups is 1. The smallest absolute Gasteiger partial charge is 0.222 e. The van der Waals surface area contributed by atoms with Crippen molar-refractivity contribution in [1.82, 2.24) is 20.5 Å². The van der Waals surface area contributed by atoms with Crippen molar-refractivity contribution in [2.24, 2.45) is 5.92 Å². The van der Waals surface area contributed by atoms with Gasteiger partial charge < -0.3 is 10.6 Å². The number of fused-ring (bicyclic) bond motifs is 1. The maximum absolute atomic E-state index is 13.9. The van der Waals surface area contributed by atoms with Crippen molar-refractivity contribution in [2.45, 2.75) is 19.9 Å². The molecular weight excluding hydrogens is 393 g/mol. The predicted octanol–water partition coefficient (Wildman–Crippen LogP) is 4.69. The summed E-state index contributed by atoms with van der Waals surface area (Å²) in [4.78, 5) is 16.4. The molecule has 1 atom stereocenters. The third kappa shape index (κ3) is 4.71. The molecule has 0 spiro atoms. The second-order valence-corrected chi connectivity index (χ2v) is 7.74. The van der Waals surface area contributed by atoms with Gasteiger partial charge in [-0.05, 0) is 29.3 Å².